The van der Waals surface area contributed by atoms with Crippen molar-refractivity contribution in [3.8, 4) is 0 Å². The van der Waals surface area contributed by atoms with Gasteiger partial charge in [-0.2, -0.15) is 26.3 Å². The normalized spacial score (nSPS) is 26.3. The van der Waals surface area contributed by atoms with E-state index in [9.17, 15) is 26.3 Å². The first-order valence-electron chi connectivity index (χ1n) is 9.22. The number of allylic oxidation sites excluding steroid dienone is 2. The maximum atomic E-state index is 14.3. The third-order valence-corrected chi connectivity index (χ3v) is 8.58. The number of benzene rings is 1. The summed E-state index contributed by atoms with van der Waals surface area (Å²) in [7, 11) is -2.37. The van der Waals surface area contributed by atoms with E-state index in [1.54, 1.807) is 59.7 Å². The zero-order valence-electron chi connectivity index (χ0n) is 17.1. The summed E-state index contributed by atoms with van der Waals surface area (Å²) in [6.07, 6.45) is -8.75. The highest BCUT2D eigenvalue weighted by Gasteiger charge is 2.71. The van der Waals surface area contributed by atoms with Gasteiger partial charge in [-0.05, 0) is 43.1 Å². The van der Waals surface area contributed by atoms with Gasteiger partial charge in [-0.1, -0.05) is 51.1 Å². The number of nitrogens with zero attached hydrogens (tertiary/aromatic N) is 1. The van der Waals surface area contributed by atoms with Crippen molar-refractivity contribution in [1.82, 2.24) is 4.67 Å². The summed E-state index contributed by atoms with van der Waals surface area (Å²) in [6.45, 7) is 10.3. The van der Waals surface area contributed by atoms with Gasteiger partial charge in [0.05, 0.1) is 10.9 Å². The first kappa shape index (κ1) is 22.4. The SMILES string of the molecule is CC(C)(C)C1=CC2(c3ccccc3)C(C(F)(F)F)=C(C(F)(F)F)P1N2C(C)(C)C. The second-order valence-electron chi connectivity index (χ2n) is 9.43. The zero-order valence-corrected chi connectivity index (χ0v) is 18.0. The Hall–Kier alpha value is -1.33. The van der Waals surface area contributed by atoms with Crippen LogP contribution in [0.3, 0.4) is 0 Å². The lowest BCUT2D eigenvalue weighted by Gasteiger charge is -2.45. The van der Waals surface area contributed by atoms with Crippen molar-refractivity contribution in [2.45, 2.75) is 65.0 Å². The molecule has 1 aromatic rings. The maximum absolute atomic E-state index is 14.3. The van der Waals surface area contributed by atoms with Crippen LogP contribution in [-0.2, 0) is 5.54 Å². The lowest BCUT2D eigenvalue weighted by atomic mass is 9.77. The molecule has 0 radical (unpaired) electrons. The van der Waals surface area contributed by atoms with E-state index < -0.39 is 47.8 Å². The quantitative estimate of drug-likeness (QED) is 0.323. The van der Waals surface area contributed by atoms with Crippen LogP contribution in [0.4, 0.5) is 26.3 Å². The van der Waals surface area contributed by atoms with Gasteiger partial charge in [-0.3, -0.25) is 4.67 Å². The average molecular weight is 435 g/mol. The summed E-state index contributed by atoms with van der Waals surface area (Å²) in [6, 6.07) is 7.74. The van der Waals surface area contributed by atoms with Crippen LogP contribution in [0.25, 0.3) is 0 Å². The number of fused-ring (bicyclic) bond motifs is 2. The molecule has 3 rings (SSSR count). The molecule has 29 heavy (non-hydrogen) atoms. The molecular weight excluding hydrogens is 411 g/mol. The maximum Gasteiger partial charge on any atom is 0.418 e. The molecule has 0 saturated carbocycles. The Morgan fingerprint density at radius 3 is 1.69 bits per heavy atom. The number of rotatable bonds is 1. The fourth-order valence-corrected chi connectivity index (χ4v) is 7.83. The Kier molecular flexibility index (Phi) is 4.88. The first-order valence-corrected chi connectivity index (χ1v) is 10.5. The van der Waals surface area contributed by atoms with Crippen LogP contribution in [-0.4, -0.2) is 22.6 Å². The van der Waals surface area contributed by atoms with Crippen molar-refractivity contribution in [2.75, 3.05) is 0 Å². The largest absolute Gasteiger partial charge is 0.418 e. The third-order valence-electron chi connectivity index (χ3n) is 5.11. The van der Waals surface area contributed by atoms with E-state index in [0.717, 1.165) is 0 Å². The predicted octanol–water partition coefficient (Wildman–Crippen LogP) is 7.72. The highest BCUT2D eigenvalue weighted by molar-refractivity contribution is 7.65. The van der Waals surface area contributed by atoms with Crippen LogP contribution in [0.2, 0.25) is 0 Å². The summed E-state index contributed by atoms with van der Waals surface area (Å²) in [4.78, 5) is 0. The standard InChI is InChI=1S/C21H24F6NP/c1-17(2,3)14-12-19(13-10-8-7-9-11-13)15(20(22,23)24)16(21(25,26)27)29(14)28(19)18(4,5)6/h7-12H,1-6H3. The Labute approximate surface area is 168 Å². The fourth-order valence-electron chi connectivity index (χ4n) is 4.29. The van der Waals surface area contributed by atoms with Crippen molar-refractivity contribution >= 4 is 8.07 Å². The van der Waals surface area contributed by atoms with Crippen LogP contribution in [0.15, 0.2) is 52.6 Å². The summed E-state index contributed by atoms with van der Waals surface area (Å²) >= 11 is 0. The van der Waals surface area contributed by atoms with E-state index in [-0.39, 0.29) is 5.56 Å². The number of hydrogen-bond acceptors (Lipinski definition) is 1. The minimum atomic E-state index is -5.12. The second kappa shape index (κ2) is 6.34. The molecule has 2 heterocycles. The van der Waals surface area contributed by atoms with Gasteiger partial charge in [-0.25, -0.2) is 0 Å². The summed E-state index contributed by atoms with van der Waals surface area (Å²) < 4.78 is 87.0. The molecule has 0 aliphatic carbocycles. The first-order chi connectivity index (χ1) is 12.9. The lowest BCUT2D eigenvalue weighted by molar-refractivity contribution is -0.118. The van der Waals surface area contributed by atoms with E-state index in [2.05, 4.69) is 0 Å². The topological polar surface area (TPSA) is 3.24 Å². The van der Waals surface area contributed by atoms with Gasteiger partial charge in [0, 0.05) is 13.6 Å². The minimum absolute atomic E-state index is 0.202. The Morgan fingerprint density at radius 2 is 1.31 bits per heavy atom. The van der Waals surface area contributed by atoms with Crippen molar-refractivity contribution in [3.63, 3.8) is 0 Å². The van der Waals surface area contributed by atoms with Crippen LogP contribution in [0.1, 0.15) is 47.1 Å². The van der Waals surface area contributed by atoms with Crippen molar-refractivity contribution in [1.29, 1.82) is 0 Å². The molecule has 2 bridgehead atoms. The molecule has 2 aliphatic rings. The Morgan fingerprint density at radius 1 is 0.793 bits per heavy atom. The molecule has 0 aromatic heterocycles. The van der Waals surface area contributed by atoms with E-state index in [1.165, 1.54) is 22.9 Å². The number of halogens is 6. The van der Waals surface area contributed by atoms with Gasteiger partial charge in [-0.15, -0.1) is 0 Å². The van der Waals surface area contributed by atoms with Crippen LogP contribution >= 0.6 is 8.07 Å². The molecule has 1 aromatic carbocycles. The van der Waals surface area contributed by atoms with Gasteiger partial charge in [0.2, 0.25) is 0 Å². The summed E-state index contributed by atoms with van der Waals surface area (Å²) in [5, 5.41) is -1.00. The van der Waals surface area contributed by atoms with Crippen LogP contribution < -0.4 is 0 Å². The van der Waals surface area contributed by atoms with Gasteiger partial charge in [0.1, 0.15) is 5.54 Å². The molecule has 0 saturated heterocycles. The zero-order chi connectivity index (χ0) is 22.2. The van der Waals surface area contributed by atoms with Crippen molar-refractivity contribution < 1.29 is 26.3 Å². The molecular formula is C21H24F6NP. The number of alkyl halides is 6. The third kappa shape index (κ3) is 3.34. The molecule has 2 atom stereocenters. The fraction of sp³-hybridized carbons (Fsp3) is 0.524. The summed E-state index contributed by atoms with van der Waals surface area (Å²) in [5.74, 6) is 0. The molecule has 0 spiro atoms. The monoisotopic (exact) mass is 435 g/mol. The van der Waals surface area contributed by atoms with Gasteiger partial charge < -0.3 is 0 Å². The second-order valence-corrected chi connectivity index (χ2v) is 11.4. The molecule has 0 amide bonds. The molecule has 0 fully saturated rings. The molecule has 1 nitrogen and oxygen atoms in total. The highest BCUT2D eigenvalue weighted by atomic mass is 31.1. The summed E-state index contributed by atoms with van der Waals surface area (Å²) in [5.41, 5.74) is -4.93. The van der Waals surface area contributed by atoms with Crippen molar-refractivity contribution in [2.24, 2.45) is 5.41 Å². The molecule has 160 valence electrons. The van der Waals surface area contributed by atoms with E-state index >= 15 is 0 Å². The Bertz CT molecular complexity index is 868. The van der Waals surface area contributed by atoms with E-state index in [1.807, 2.05) is 0 Å². The highest BCUT2D eigenvalue weighted by Crippen LogP contribution is 2.82. The van der Waals surface area contributed by atoms with Crippen molar-refractivity contribution in [3.05, 3.63) is 58.2 Å². The van der Waals surface area contributed by atoms with Gasteiger partial charge >= 0.3 is 12.4 Å². The Balaban J connectivity index is 2.52. The van der Waals surface area contributed by atoms with E-state index in [4.69, 9.17) is 0 Å². The molecule has 2 unspecified atom stereocenters. The van der Waals surface area contributed by atoms with E-state index in [0.29, 0.717) is 5.31 Å². The minimum Gasteiger partial charge on any atom is -0.252 e. The lowest BCUT2D eigenvalue weighted by Crippen LogP contribution is -2.49. The van der Waals surface area contributed by atoms with Gasteiger partial charge in [0.15, 0.2) is 0 Å². The van der Waals surface area contributed by atoms with Gasteiger partial charge in [0.25, 0.3) is 0 Å². The smallest absolute Gasteiger partial charge is 0.252 e. The number of hydrogen-bond donors (Lipinski definition) is 0. The molecule has 2 aliphatic heterocycles. The molecule has 8 heteroatoms. The predicted molar refractivity (Wildman–Crippen MR) is 103 cm³/mol. The molecule has 0 N–H and O–H groups in total. The van der Waals surface area contributed by atoms with Crippen LogP contribution in [0.5, 0.6) is 0 Å². The van der Waals surface area contributed by atoms with Crippen LogP contribution in [0, 0.1) is 5.41 Å². The average Bonchev–Trinajstić information content (AvgIpc) is 3.04.